The van der Waals surface area contributed by atoms with Crippen molar-refractivity contribution in [2.45, 2.75) is 44.2 Å². The molecule has 0 aromatic carbocycles. The predicted molar refractivity (Wildman–Crippen MR) is 79.6 cm³/mol. The number of aliphatic carboxylic acids is 1. The first-order valence-corrected chi connectivity index (χ1v) is 7.71. The molecule has 0 unspecified atom stereocenters. The number of aryl methyl sites for hydroxylation is 1. The number of carboxylic acids is 1. The summed E-state index contributed by atoms with van der Waals surface area (Å²) in [5.41, 5.74) is 0.0117. The largest absolute Gasteiger partial charge is 0.480 e. The molecule has 1 saturated carbocycles. The van der Waals surface area contributed by atoms with Gasteiger partial charge in [-0.15, -0.1) is 0 Å². The normalized spacial score (nSPS) is 27.5. The van der Waals surface area contributed by atoms with Crippen LogP contribution in [0.4, 0.5) is 0 Å². The van der Waals surface area contributed by atoms with Gasteiger partial charge in [0.25, 0.3) is 11.5 Å². The molecule has 1 aromatic heterocycles. The molecule has 1 saturated heterocycles. The van der Waals surface area contributed by atoms with Crippen LogP contribution in [-0.4, -0.2) is 38.5 Å². The summed E-state index contributed by atoms with van der Waals surface area (Å²) in [4.78, 5) is 37.6. The highest BCUT2D eigenvalue weighted by Gasteiger charge is 2.47. The number of carbonyl (C=O) groups excluding carboxylic acids is 1. The summed E-state index contributed by atoms with van der Waals surface area (Å²) >= 11 is 0. The number of fused-ring (bicyclic) bond motifs is 1. The fourth-order valence-electron chi connectivity index (χ4n) is 3.80. The summed E-state index contributed by atoms with van der Waals surface area (Å²) in [5, 5.41) is 9.47. The summed E-state index contributed by atoms with van der Waals surface area (Å²) < 4.78 is 1.39. The molecule has 2 heterocycles. The molecule has 3 rings (SSSR count). The molecule has 1 aliphatic heterocycles. The number of nitrogens with zero attached hydrogens (tertiary/aromatic N) is 2. The molecule has 1 aliphatic carbocycles. The van der Waals surface area contributed by atoms with Crippen molar-refractivity contribution in [3.8, 4) is 0 Å². The van der Waals surface area contributed by atoms with E-state index in [1.807, 2.05) is 0 Å². The fraction of sp³-hybridized carbons (Fsp3) is 0.562. The maximum atomic E-state index is 12.8. The summed E-state index contributed by atoms with van der Waals surface area (Å²) in [6.45, 7) is 0. The van der Waals surface area contributed by atoms with Gasteiger partial charge in [0.15, 0.2) is 0 Å². The van der Waals surface area contributed by atoms with E-state index in [0.717, 1.165) is 25.7 Å². The maximum Gasteiger partial charge on any atom is 0.326 e. The third-order valence-electron chi connectivity index (χ3n) is 4.96. The third kappa shape index (κ3) is 2.42. The zero-order valence-electron chi connectivity index (χ0n) is 12.6. The Bertz CT molecular complexity index is 666. The Morgan fingerprint density at radius 2 is 2.00 bits per heavy atom. The van der Waals surface area contributed by atoms with Crippen molar-refractivity contribution >= 4 is 11.9 Å². The Morgan fingerprint density at radius 1 is 1.27 bits per heavy atom. The van der Waals surface area contributed by atoms with E-state index in [9.17, 15) is 19.5 Å². The van der Waals surface area contributed by atoms with Gasteiger partial charge in [-0.1, -0.05) is 12.8 Å². The van der Waals surface area contributed by atoms with Crippen molar-refractivity contribution in [2.75, 3.05) is 0 Å². The lowest BCUT2D eigenvalue weighted by Crippen LogP contribution is -2.46. The van der Waals surface area contributed by atoms with Gasteiger partial charge in [0, 0.05) is 30.9 Å². The fourth-order valence-corrected chi connectivity index (χ4v) is 3.80. The van der Waals surface area contributed by atoms with E-state index < -0.39 is 12.0 Å². The average Bonchev–Trinajstić information content (AvgIpc) is 2.89. The van der Waals surface area contributed by atoms with Gasteiger partial charge in [-0.05, 0) is 31.2 Å². The van der Waals surface area contributed by atoms with Gasteiger partial charge < -0.3 is 14.6 Å². The number of carbonyl (C=O) groups is 2. The zero-order valence-corrected chi connectivity index (χ0v) is 12.6. The van der Waals surface area contributed by atoms with Crippen molar-refractivity contribution in [2.24, 2.45) is 13.0 Å². The van der Waals surface area contributed by atoms with Crippen LogP contribution in [0.5, 0.6) is 0 Å². The van der Waals surface area contributed by atoms with E-state index in [2.05, 4.69) is 0 Å². The van der Waals surface area contributed by atoms with Crippen LogP contribution in [0, 0.1) is 5.92 Å². The topological polar surface area (TPSA) is 79.6 Å². The van der Waals surface area contributed by atoms with Crippen LogP contribution in [-0.2, 0) is 11.8 Å². The second-order valence-electron chi connectivity index (χ2n) is 6.28. The van der Waals surface area contributed by atoms with Crippen molar-refractivity contribution in [1.29, 1.82) is 0 Å². The molecule has 2 aliphatic rings. The Morgan fingerprint density at radius 3 is 2.68 bits per heavy atom. The first-order chi connectivity index (χ1) is 10.5. The minimum atomic E-state index is -0.952. The summed E-state index contributed by atoms with van der Waals surface area (Å²) in [7, 11) is 1.61. The van der Waals surface area contributed by atoms with Crippen LogP contribution in [0.3, 0.4) is 0 Å². The standard InChI is InChI=1S/C16H20N2O4/c1-17-7-6-11(9-14(17)19)15(20)18-12-5-3-2-4-10(12)8-13(18)16(21)22/h6-7,9-10,12-13H,2-5,8H2,1H3,(H,21,22)/t10-,12+,13-/m0/s1. The zero-order chi connectivity index (χ0) is 15.9. The number of pyridine rings is 1. The lowest BCUT2D eigenvalue weighted by molar-refractivity contribution is -0.141. The molecule has 0 radical (unpaired) electrons. The van der Waals surface area contributed by atoms with E-state index in [-0.39, 0.29) is 29.0 Å². The van der Waals surface area contributed by atoms with E-state index in [1.54, 1.807) is 19.3 Å². The molecule has 0 bridgehead atoms. The molecule has 1 aromatic rings. The van der Waals surface area contributed by atoms with Crippen molar-refractivity contribution in [1.82, 2.24) is 9.47 Å². The number of carboxylic acid groups (broad SMARTS) is 1. The van der Waals surface area contributed by atoms with Gasteiger partial charge in [-0.3, -0.25) is 9.59 Å². The first kappa shape index (κ1) is 14.8. The number of amides is 1. The number of aromatic nitrogens is 1. The maximum absolute atomic E-state index is 12.8. The molecule has 1 N–H and O–H groups in total. The molecule has 2 fully saturated rings. The third-order valence-corrected chi connectivity index (χ3v) is 4.96. The Balaban J connectivity index is 1.95. The smallest absolute Gasteiger partial charge is 0.326 e. The van der Waals surface area contributed by atoms with Crippen molar-refractivity contribution in [3.05, 3.63) is 34.2 Å². The number of likely N-dealkylation sites (tertiary alicyclic amines) is 1. The lowest BCUT2D eigenvalue weighted by Gasteiger charge is -2.33. The molecule has 118 valence electrons. The number of hydrogen-bond donors (Lipinski definition) is 1. The van der Waals surface area contributed by atoms with Gasteiger partial charge >= 0.3 is 5.97 Å². The number of rotatable bonds is 2. The Labute approximate surface area is 128 Å². The Hall–Kier alpha value is -2.11. The summed E-state index contributed by atoms with van der Waals surface area (Å²) in [6.07, 6.45) is 6.02. The van der Waals surface area contributed by atoms with Crippen LogP contribution in [0.15, 0.2) is 23.1 Å². The van der Waals surface area contributed by atoms with E-state index >= 15 is 0 Å². The van der Waals surface area contributed by atoms with Crippen molar-refractivity contribution in [3.63, 3.8) is 0 Å². The van der Waals surface area contributed by atoms with Crippen LogP contribution < -0.4 is 5.56 Å². The quantitative estimate of drug-likeness (QED) is 0.891. The van der Waals surface area contributed by atoms with Gasteiger partial charge in [0.1, 0.15) is 6.04 Å². The average molecular weight is 304 g/mol. The molecule has 0 spiro atoms. The highest BCUT2D eigenvalue weighted by molar-refractivity contribution is 5.97. The minimum absolute atomic E-state index is 0.00796. The lowest BCUT2D eigenvalue weighted by atomic mass is 9.84. The second kappa shape index (κ2) is 5.59. The Kier molecular flexibility index (Phi) is 3.76. The van der Waals surface area contributed by atoms with E-state index in [1.165, 1.54) is 15.5 Å². The number of hydrogen-bond acceptors (Lipinski definition) is 3. The van der Waals surface area contributed by atoms with Crippen LogP contribution in [0.2, 0.25) is 0 Å². The second-order valence-corrected chi connectivity index (χ2v) is 6.28. The van der Waals surface area contributed by atoms with E-state index in [4.69, 9.17) is 0 Å². The van der Waals surface area contributed by atoms with Crippen LogP contribution in [0.25, 0.3) is 0 Å². The van der Waals surface area contributed by atoms with Gasteiger partial charge in [0.2, 0.25) is 0 Å². The highest BCUT2D eigenvalue weighted by atomic mass is 16.4. The van der Waals surface area contributed by atoms with E-state index in [0.29, 0.717) is 6.42 Å². The molecule has 3 atom stereocenters. The van der Waals surface area contributed by atoms with Gasteiger partial charge in [-0.25, -0.2) is 4.79 Å². The monoisotopic (exact) mass is 304 g/mol. The summed E-state index contributed by atoms with van der Waals surface area (Å²) in [5.74, 6) is -1.02. The van der Waals surface area contributed by atoms with Gasteiger partial charge in [0.05, 0.1) is 0 Å². The minimum Gasteiger partial charge on any atom is -0.480 e. The predicted octanol–water partition coefficient (Wildman–Crippen LogP) is 1.24. The summed E-state index contributed by atoms with van der Waals surface area (Å²) in [6, 6.07) is 2.09. The molecular weight excluding hydrogens is 284 g/mol. The first-order valence-electron chi connectivity index (χ1n) is 7.71. The molecular formula is C16H20N2O4. The SMILES string of the molecule is Cn1ccc(C(=O)N2[C@@H]3CCCC[C@H]3C[C@H]2C(=O)O)cc1=O. The van der Waals surface area contributed by atoms with Crippen LogP contribution in [0.1, 0.15) is 42.5 Å². The molecule has 22 heavy (non-hydrogen) atoms. The van der Waals surface area contributed by atoms with Crippen molar-refractivity contribution < 1.29 is 14.7 Å². The van der Waals surface area contributed by atoms with Gasteiger partial charge in [-0.2, -0.15) is 0 Å². The molecule has 6 nitrogen and oxygen atoms in total. The molecule has 1 amide bonds. The highest BCUT2D eigenvalue weighted by Crippen LogP contribution is 2.40. The van der Waals surface area contributed by atoms with Crippen LogP contribution >= 0.6 is 0 Å². The molecule has 6 heteroatoms.